The third kappa shape index (κ3) is 2.74. The molecular formula is C9H9FN2O4. The number of non-ortho nitro benzene ring substituents is 1. The summed E-state index contributed by atoms with van der Waals surface area (Å²) in [4.78, 5) is 25.4. The zero-order chi connectivity index (χ0) is 12.1. The maximum atomic E-state index is 13.3. The number of rotatable bonds is 4. The normalized spacial score (nSPS) is 9.88. The van der Waals surface area contributed by atoms with Crippen molar-refractivity contribution in [2.24, 2.45) is 0 Å². The lowest BCUT2D eigenvalue weighted by Crippen LogP contribution is -2.24. The molecule has 0 bridgehead atoms. The van der Waals surface area contributed by atoms with Crippen LogP contribution in [-0.4, -0.2) is 17.4 Å². The van der Waals surface area contributed by atoms with Gasteiger partial charge >= 0.3 is 0 Å². The Morgan fingerprint density at radius 3 is 2.81 bits per heavy atom. The Kier molecular flexibility index (Phi) is 3.90. The van der Waals surface area contributed by atoms with Crippen molar-refractivity contribution in [2.45, 2.75) is 6.92 Å². The first-order chi connectivity index (χ1) is 7.56. The van der Waals surface area contributed by atoms with Crippen molar-refractivity contribution < 1.29 is 18.9 Å². The lowest BCUT2D eigenvalue weighted by Gasteiger charge is -2.04. The van der Waals surface area contributed by atoms with Gasteiger partial charge in [-0.15, -0.1) is 0 Å². The molecule has 0 aliphatic carbocycles. The molecule has 1 N–H and O–H groups in total. The van der Waals surface area contributed by atoms with Gasteiger partial charge in [-0.2, -0.15) is 0 Å². The van der Waals surface area contributed by atoms with Crippen molar-refractivity contribution in [2.75, 3.05) is 6.61 Å². The monoisotopic (exact) mass is 228 g/mol. The molecule has 0 spiro atoms. The van der Waals surface area contributed by atoms with Gasteiger partial charge in [0.15, 0.2) is 0 Å². The smallest absolute Gasteiger partial charge is 0.274 e. The average molecular weight is 228 g/mol. The summed E-state index contributed by atoms with van der Waals surface area (Å²) in [6.07, 6.45) is 0. The van der Waals surface area contributed by atoms with Crippen molar-refractivity contribution in [1.82, 2.24) is 5.48 Å². The van der Waals surface area contributed by atoms with E-state index >= 15 is 0 Å². The molecule has 0 radical (unpaired) electrons. The first-order valence-corrected chi connectivity index (χ1v) is 4.42. The maximum Gasteiger partial charge on any atom is 0.277 e. The average Bonchev–Trinajstić information content (AvgIpc) is 2.25. The van der Waals surface area contributed by atoms with Crippen molar-refractivity contribution in [3.63, 3.8) is 0 Å². The zero-order valence-electron chi connectivity index (χ0n) is 8.40. The molecule has 1 rings (SSSR count). The summed E-state index contributed by atoms with van der Waals surface area (Å²) in [5.41, 5.74) is 1.27. The highest BCUT2D eigenvalue weighted by atomic mass is 19.1. The van der Waals surface area contributed by atoms with Gasteiger partial charge in [-0.25, -0.2) is 9.87 Å². The molecule has 0 aromatic heterocycles. The third-order valence-corrected chi connectivity index (χ3v) is 1.72. The summed E-state index contributed by atoms with van der Waals surface area (Å²) in [6, 6.07) is 2.76. The number of nitro groups is 1. The topological polar surface area (TPSA) is 81.5 Å². The number of hydrogen-bond donors (Lipinski definition) is 1. The first kappa shape index (κ1) is 12.1. The van der Waals surface area contributed by atoms with Gasteiger partial charge in [0.2, 0.25) is 0 Å². The molecule has 0 unspecified atom stereocenters. The van der Waals surface area contributed by atoms with E-state index in [0.717, 1.165) is 12.1 Å². The number of carbonyl (C=O) groups is 1. The van der Waals surface area contributed by atoms with E-state index in [4.69, 9.17) is 0 Å². The number of hydrogen-bond acceptors (Lipinski definition) is 4. The van der Waals surface area contributed by atoms with Gasteiger partial charge in [0.25, 0.3) is 11.6 Å². The number of nitrogens with one attached hydrogen (secondary N) is 1. The number of benzene rings is 1. The van der Waals surface area contributed by atoms with Crippen LogP contribution >= 0.6 is 0 Å². The second-order valence-corrected chi connectivity index (χ2v) is 2.79. The highest BCUT2D eigenvalue weighted by Gasteiger charge is 2.15. The summed E-state index contributed by atoms with van der Waals surface area (Å²) in [6.45, 7) is 1.88. The molecule has 1 aromatic rings. The van der Waals surface area contributed by atoms with Crippen LogP contribution in [0.2, 0.25) is 0 Å². The number of nitro benzene ring substituents is 1. The van der Waals surface area contributed by atoms with E-state index < -0.39 is 22.3 Å². The fraction of sp³-hybridized carbons (Fsp3) is 0.222. The predicted molar refractivity (Wildman–Crippen MR) is 52.1 cm³/mol. The third-order valence-electron chi connectivity index (χ3n) is 1.72. The first-order valence-electron chi connectivity index (χ1n) is 4.42. The molecule has 0 atom stereocenters. The number of carbonyl (C=O) groups excluding carboxylic acids is 1. The van der Waals surface area contributed by atoms with Crippen LogP contribution in [0.1, 0.15) is 17.3 Å². The quantitative estimate of drug-likeness (QED) is 0.624. The number of nitrogens with zero attached hydrogens (tertiary/aromatic N) is 1. The largest absolute Gasteiger partial charge is 0.277 e. The highest BCUT2D eigenvalue weighted by Crippen LogP contribution is 2.16. The summed E-state index contributed by atoms with van der Waals surface area (Å²) in [7, 11) is 0. The molecule has 1 aromatic carbocycles. The molecule has 0 fully saturated rings. The van der Waals surface area contributed by atoms with Gasteiger partial charge in [-0.1, -0.05) is 0 Å². The predicted octanol–water partition coefficient (Wildman–Crippen LogP) is 1.42. The fourth-order valence-electron chi connectivity index (χ4n) is 0.994. The van der Waals surface area contributed by atoms with E-state index in [1.807, 2.05) is 5.48 Å². The van der Waals surface area contributed by atoms with Crippen molar-refractivity contribution >= 4 is 11.6 Å². The zero-order valence-corrected chi connectivity index (χ0v) is 8.40. The Hall–Kier alpha value is -2.02. The lowest BCUT2D eigenvalue weighted by molar-refractivity contribution is -0.385. The molecule has 1 amide bonds. The Morgan fingerprint density at radius 2 is 2.31 bits per heavy atom. The number of hydroxylamine groups is 1. The number of halogens is 1. The second-order valence-electron chi connectivity index (χ2n) is 2.79. The number of amides is 1. The van der Waals surface area contributed by atoms with Crippen LogP contribution in [-0.2, 0) is 4.84 Å². The van der Waals surface area contributed by atoms with Crippen molar-refractivity contribution in [3.8, 4) is 0 Å². The molecule has 0 aliphatic rings. The fourth-order valence-corrected chi connectivity index (χ4v) is 0.994. The molecule has 7 heteroatoms. The van der Waals surface area contributed by atoms with Crippen LogP contribution in [0.15, 0.2) is 18.2 Å². The van der Waals surface area contributed by atoms with E-state index in [1.165, 1.54) is 0 Å². The minimum atomic E-state index is -0.966. The van der Waals surface area contributed by atoms with Crippen LogP contribution in [0.5, 0.6) is 0 Å². The van der Waals surface area contributed by atoms with Crippen molar-refractivity contribution in [3.05, 3.63) is 39.7 Å². The van der Waals surface area contributed by atoms with Gasteiger partial charge in [0.05, 0.1) is 23.2 Å². The summed E-state index contributed by atoms with van der Waals surface area (Å²) in [5.74, 6) is -1.75. The van der Waals surface area contributed by atoms with Crippen LogP contribution in [0.25, 0.3) is 0 Å². The van der Waals surface area contributed by atoms with Crippen LogP contribution in [0.4, 0.5) is 10.1 Å². The molecular weight excluding hydrogens is 219 g/mol. The SMILES string of the molecule is CCONC(=O)c1ccc([N+](=O)[O-])cc1F. The lowest BCUT2D eigenvalue weighted by atomic mass is 10.2. The Morgan fingerprint density at radius 1 is 1.62 bits per heavy atom. The molecule has 86 valence electrons. The maximum absolute atomic E-state index is 13.3. The Bertz CT molecular complexity index is 422. The van der Waals surface area contributed by atoms with Gasteiger partial charge in [-0.05, 0) is 13.0 Å². The van der Waals surface area contributed by atoms with Crippen molar-refractivity contribution in [1.29, 1.82) is 0 Å². The van der Waals surface area contributed by atoms with Crippen LogP contribution in [0.3, 0.4) is 0 Å². The van der Waals surface area contributed by atoms with E-state index in [2.05, 4.69) is 4.84 Å². The molecule has 6 nitrogen and oxygen atoms in total. The Balaban J connectivity index is 2.90. The van der Waals surface area contributed by atoms with Gasteiger partial charge in [0.1, 0.15) is 5.82 Å². The summed E-state index contributed by atoms with van der Waals surface area (Å²) >= 11 is 0. The van der Waals surface area contributed by atoms with E-state index in [-0.39, 0.29) is 12.2 Å². The molecule has 0 aliphatic heterocycles. The van der Waals surface area contributed by atoms with E-state index in [9.17, 15) is 19.3 Å². The standard InChI is InChI=1S/C9H9FN2O4/c1-2-16-11-9(13)7-4-3-6(12(14)15)5-8(7)10/h3-5H,2H2,1H3,(H,11,13). The molecule has 16 heavy (non-hydrogen) atoms. The van der Waals surface area contributed by atoms with Gasteiger partial charge in [-0.3, -0.25) is 19.7 Å². The van der Waals surface area contributed by atoms with E-state index in [1.54, 1.807) is 6.92 Å². The van der Waals surface area contributed by atoms with Crippen LogP contribution in [0, 0.1) is 15.9 Å². The van der Waals surface area contributed by atoms with Gasteiger partial charge in [0, 0.05) is 6.07 Å². The van der Waals surface area contributed by atoms with E-state index in [0.29, 0.717) is 6.07 Å². The molecule has 0 saturated carbocycles. The summed E-state index contributed by atoms with van der Waals surface area (Å²) < 4.78 is 13.3. The minimum absolute atomic E-state index is 0.236. The molecule has 0 saturated heterocycles. The molecule has 0 heterocycles. The summed E-state index contributed by atoms with van der Waals surface area (Å²) in [5, 5.41) is 10.3. The highest BCUT2D eigenvalue weighted by molar-refractivity contribution is 5.93. The second kappa shape index (κ2) is 5.17. The Labute approximate surface area is 90.1 Å². The van der Waals surface area contributed by atoms with Crippen LogP contribution < -0.4 is 5.48 Å². The van der Waals surface area contributed by atoms with Gasteiger partial charge < -0.3 is 0 Å². The minimum Gasteiger partial charge on any atom is -0.274 e.